The third-order valence-electron chi connectivity index (χ3n) is 6.32. The van der Waals surface area contributed by atoms with E-state index in [1.807, 2.05) is 30.3 Å². The van der Waals surface area contributed by atoms with Crippen LogP contribution in [0.5, 0.6) is 0 Å². The van der Waals surface area contributed by atoms with E-state index in [2.05, 4.69) is 20.5 Å². The molecule has 0 saturated carbocycles. The highest BCUT2D eigenvalue weighted by molar-refractivity contribution is 5.98. The van der Waals surface area contributed by atoms with Crippen LogP contribution in [0.25, 0.3) is 10.9 Å². The zero-order chi connectivity index (χ0) is 23.8. The minimum absolute atomic E-state index is 0.0541. The predicted octanol–water partition coefficient (Wildman–Crippen LogP) is 0.864. The largest absolute Gasteiger partial charge is 0.379 e. The Morgan fingerprint density at radius 3 is 2.41 bits per heavy atom. The van der Waals surface area contributed by atoms with E-state index in [9.17, 15) is 14.4 Å². The fraction of sp³-hybridized carbons (Fsp3) is 0.542. The van der Waals surface area contributed by atoms with Gasteiger partial charge in [0.2, 0.25) is 5.91 Å². The van der Waals surface area contributed by atoms with E-state index < -0.39 is 0 Å². The number of urea groups is 1. The molecular formula is C24H34N6O4. The van der Waals surface area contributed by atoms with Crippen LogP contribution in [0.1, 0.15) is 23.3 Å². The zero-order valence-electron chi connectivity index (χ0n) is 19.6. The number of rotatable bonds is 8. The molecule has 2 aliphatic rings. The van der Waals surface area contributed by atoms with Crippen LogP contribution in [0.2, 0.25) is 0 Å². The molecule has 184 valence electrons. The SMILES string of the molecule is O=C(CCNC(=O)N1CCN(C(=O)c2cc3ccccc3[nH]2)CC1)NCCCN1CCOCC1. The Labute approximate surface area is 199 Å². The van der Waals surface area contributed by atoms with Gasteiger partial charge in [0.15, 0.2) is 0 Å². The number of carbonyl (C=O) groups excluding carboxylic acids is 3. The van der Waals surface area contributed by atoms with Crippen molar-refractivity contribution in [2.75, 3.05) is 72.1 Å². The number of H-pyrrole nitrogens is 1. The molecule has 0 spiro atoms. The summed E-state index contributed by atoms with van der Waals surface area (Å²) in [7, 11) is 0. The number of aromatic amines is 1. The molecule has 3 heterocycles. The third-order valence-corrected chi connectivity index (χ3v) is 6.32. The molecular weight excluding hydrogens is 436 g/mol. The Hall–Kier alpha value is -3.11. The van der Waals surface area contributed by atoms with Gasteiger partial charge in [0.1, 0.15) is 5.69 Å². The summed E-state index contributed by atoms with van der Waals surface area (Å²) >= 11 is 0. The molecule has 0 radical (unpaired) electrons. The summed E-state index contributed by atoms with van der Waals surface area (Å²) in [4.78, 5) is 46.2. The van der Waals surface area contributed by atoms with Crippen LogP contribution in [-0.2, 0) is 9.53 Å². The molecule has 3 N–H and O–H groups in total. The molecule has 1 aromatic carbocycles. The second kappa shape index (κ2) is 11.8. The minimum atomic E-state index is -0.196. The molecule has 0 atom stereocenters. The Morgan fingerprint density at radius 2 is 1.65 bits per heavy atom. The number of ether oxygens (including phenoxy) is 1. The summed E-state index contributed by atoms with van der Waals surface area (Å²) < 4.78 is 5.33. The van der Waals surface area contributed by atoms with Crippen LogP contribution in [-0.4, -0.2) is 110 Å². The van der Waals surface area contributed by atoms with Crippen LogP contribution in [0.4, 0.5) is 4.79 Å². The fourth-order valence-corrected chi connectivity index (χ4v) is 4.31. The molecule has 4 rings (SSSR count). The third kappa shape index (κ3) is 6.48. The minimum Gasteiger partial charge on any atom is -0.379 e. The highest BCUT2D eigenvalue weighted by Crippen LogP contribution is 2.17. The summed E-state index contributed by atoms with van der Waals surface area (Å²) in [5, 5.41) is 6.73. The summed E-state index contributed by atoms with van der Waals surface area (Å²) in [6.45, 7) is 7.22. The van der Waals surface area contributed by atoms with Gasteiger partial charge in [0.05, 0.1) is 13.2 Å². The molecule has 2 saturated heterocycles. The number of piperazine rings is 1. The van der Waals surface area contributed by atoms with Crippen LogP contribution < -0.4 is 10.6 Å². The first-order chi connectivity index (χ1) is 16.6. The average molecular weight is 471 g/mol. The molecule has 2 fully saturated rings. The summed E-state index contributed by atoms with van der Waals surface area (Å²) in [5.74, 6) is -0.113. The van der Waals surface area contributed by atoms with Crippen molar-refractivity contribution in [3.8, 4) is 0 Å². The highest BCUT2D eigenvalue weighted by atomic mass is 16.5. The van der Waals surface area contributed by atoms with E-state index in [1.165, 1.54) is 0 Å². The summed E-state index contributed by atoms with van der Waals surface area (Å²) in [6, 6.07) is 9.46. The second-order valence-electron chi connectivity index (χ2n) is 8.69. The van der Waals surface area contributed by atoms with Crippen LogP contribution >= 0.6 is 0 Å². The van der Waals surface area contributed by atoms with Gasteiger partial charge in [-0.25, -0.2) is 4.79 Å². The smallest absolute Gasteiger partial charge is 0.317 e. The van der Waals surface area contributed by atoms with Gasteiger partial charge in [-0.15, -0.1) is 0 Å². The van der Waals surface area contributed by atoms with Gasteiger partial charge in [-0.3, -0.25) is 14.5 Å². The Morgan fingerprint density at radius 1 is 0.912 bits per heavy atom. The topological polar surface area (TPSA) is 110 Å². The van der Waals surface area contributed by atoms with Crippen molar-refractivity contribution in [1.82, 2.24) is 30.3 Å². The van der Waals surface area contributed by atoms with Gasteiger partial charge in [-0.1, -0.05) is 18.2 Å². The number of aromatic nitrogens is 1. The van der Waals surface area contributed by atoms with Crippen LogP contribution in [0, 0.1) is 0 Å². The maximum atomic E-state index is 12.8. The van der Waals surface area contributed by atoms with Crippen LogP contribution in [0.15, 0.2) is 30.3 Å². The van der Waals surface area contributed by atoms with Crippen molar-refractivity contribution >= 4 is 28.7 Å². The summed E-state index contributed by atoms with van der Waals surface area (Å²) in [6.07, 6.45) is 1.15. The number of fused-ring (bicyclic) bond motifs is 1. The van der Waals surface area contributed by atoms with Gasteiger partial charge < -0.3 is 30.2 Å². The lowest BCUT2D eigenvalue weighted by atomic mass is 10.2. The normalized spacial score (nSPS) is 17.1. The number of nitrogens with one attached hydrogen (secondary N) is 3. The van der Waals surface area contributed by atoms with E-state index in [4.69, 9.17) is 4.74 Å². The monoisotopic (exact) mass is 470 g/mol. The van der Waals surface area contributed by atoms with Crippen molar-refractivity contribution in [3.63, 3.8) is 0 Å². The van der Waals surface area contributed by atoms with Gasteiger partial charge in [0.25, 0.3) is 5.91 Å². The summed E-state index contributed by atoms with van der Waals surface area (Å²) in [5.41, 5.74) is 1.50. The maximum absolute atomic E-state index is 12.8. The molecule has 0 bridgehead atoms. The van der Waals surface area contributed by atoms with E-state index in [-0.39, 0.29) is 24.3 Å². The van der Waals surface area contributed by atoms with Crippen molar-refractivity contribution in [2.45, 2.75) is 12.8 Å². The van der Waals surface area contributed by atoms with Crippen molar-refractivity contribution < 1.29 is 19.1 Å². The Balaban J connectivity index is 1.09. The molecule has 34 heavy (non-hydrogen) atoms. The Bertz CT molecular complexity index is 946. The number of carbonyl (C=O) groups is 3. The molecule has 2 aliphatic heterocycles. The second-order valence-corrected chi connectivity index (χ2v) is 8.69. The number of hydrogen-bond donors (Lipinski definition) is 3. The van der Waals surface area contributed by atoms with Crippen molar-refractivity contribution in [1.29, 1.82) is 0 Å². The molecule has 10 nitrogen and oxygen atoms in total. The van der Waals surface area contributed by atoms with Gasteiger partial charge in [-0.05, 0) is 25.1 Å². The van der Waals surface area contributed by atoms with Crippen LogP contribution in [0.3, 0.4) is 0 Å². The van der Waals surface area contributed by atoms with Gasteiger partial charge >= 0.3 is 6.03 Å². The lowest BCUT2D eigenvalue weighted by molar-refractivity contribution is -0.120. The maximum Gasteiger partial charge on any atom is 0.317 e. The first kappa shape index (κ1) is 24.0. The lowest BCUT2D eigenvalue weighted by Gasteiger charge is -2.34. The fourth-order valence-electron chi connectivity index (χ4n) is 4.31. The average Bonchev–Trinajstić information content (AvgIpc) is 3.31. The first-order valence-electron chi connectivity index (χ1n) is 12.1. The zero-order valence-corrected chi connectivity index (χ0v) is 19.6. The molecule has 10 heteroatoms. The van der Waals surface area contributed by atoms with Crippen molar-refractivity contribution in [3.05, 3.63) is 36.0 Å². The molecule has 2 aromatic rings. The lowest BCUT2D eigenvalue weighted by Crippen LogP contribution is -2.53. The van der Waals surface area contributed by atoms with E-state index in [1.54, 1.807) is 9.80 Å². The molecule has 4 amide bonds. The van der Waals surface area contributed by atoms with Gasteiger partial charge in [-0.2, -0.15) is 0 Å². The number of morpholine rings is 1. The number of nitrogens with zero attached hydrogens (tertiary/aromatic N) is 3. The molecule has 0 aliphatic carbocycles. The Kier molecular flexibility index (Phi) is 8.37. The standard InChI is InChI=1S/C24H34N6O4/c31-22(25-7-3-9-28-14-16-34-17-15-28)6-8-26-24(33)30-12-10-29(11-13-30)23(32)21-18-19-4-1-2-5-20(19)27-21/h1-2,4-5,18,27H,3,6-17H2,(H,25,31)(H,26,33). The van der Waals surface area contributed by atoms with E-state index in [0.29, 0.717) is 45.0 Å². The van der Waals surface area contributed by atoms with Gasteiger partial charge in [0, 0.05) is 69.7 Å². The number of hydrogen-bond acceptors (Lipinski definition) is 5. The first-order valence-corrected chi connectivity index (χ1v) is 12.1. The predicted molar refractivity (Wildman–Crippen MR) is 129 cm³/mol. The highest BCUT2D eigenvalue weighted by Gasteiger charge is 2.25. The number of para-hydroxylation sites is 1. The van der Waals surface area contributed by atoms with Crippen molar-refractivity contribution in [2.24, 2.45) is 0 Å². The van der Waals surface area contributed by atoms with E-state index in [0.717, 1.165) is 50.2 Å². The molecule has 1 aromatic heterocycles. The molecule has 0 unspecified atom stereocenters. The number of benzene rings is 1. The quantitative estimate of drug-likeness (QED) is 0.496. The number of amides is 4. The van der Waals surface area contributed by atoms with E-state index >= 15 is 0 Å².